The normalized spacial score (nSPS) is 13.0. The Balaban J connectivity index is 1.64. The van der Waals surface area contributed by atoms with Gasteiger partial charge in [0.15, 0.2) is 5.82 Å². The van der Waals surface area contributed by atoms with Crippen LogP contribution in [0.3, 0.4) is 0 Å². The molecule has 1 radical (unpaired) electrons. The SMILES string of the molecule is O=C(/C=C/c1ccc(-c2ccccc2)cc1)NC1=C[N]N=N1. The Morgan fingerprint density at radius 3 is 2.36 bits per heavy atom. The maximum atomic E-state index is 11.7. The van der Waals surface area contributed by atoms with Crippen molar-refractivity contribution in [2.45, 2.75) is 0 Å². The van der Waals surface area contributed by atoms with Crippen LogP contribution < -0.4 is 10.7 Å². The average Bonchev–Trinajstić information content (AvgIpc) is 3.07. The molecule has 107 valence electrons. The van der Waals surface area contributed by atoms with Gasteiger partial charge in [0, 0.05) is 6.08 Å². The summed E-state index contributed by atoms with van der Waals surface area (Å²) in [6.45, 7) is 0. The zero-order valence-corrected chi connectivity index (χ0v) is 11.7. The van der Waals surface area contributed by atoms with Crippen molar-refractivity contribution in [2.24, 2.45) is 10.3 Å². The standard InChI is InChI=1S/C17H13N4O/c22-17(19-16-12-18-21-20-16)11-8-13-6-9-15(10-7-13)14-4-2-1-3-5-14/h1-12H,(H,19,22)/b11-8+. The van der Waals surface area contributed by atoms with Crippen LogP contribution in [0.25, 0.3) is 17.2 Å². The first-order chi connectivity index (χ1) is 10.8. The lowest BCUT2D eigenvalue weighted by atomic mass is 10.0. The second-order valence-electron chi connectivity index (χ2n) is 4.63. The van der Waals surface area contributed by atoms with Crippen LogP contribution in [-0.2, 0) is 4.79 Å². The number of rotatable bonds is 4. The third-order valence-corrected chi connectivity index (χ3v) is 3.08. The van der Waals surface area contributed by atoms with Crippen LogP contribution in [-0.4, -0.2) is 5.91 Å². The van der Waals surface area contributed by atoms with Gasteiger partial charge in [0.05, 0.1) is 6.20 Å². The molecule has 5 nitrogen and oxygen atoms in total. The number of hydrogen-bond acceptors (Lipinski definition) is 3. The molecule has 3 rings (SSSR count). The minimum atomic E-state index is -0.269. The fraction of sp³-hybridized carbons (Fsp3) is 0. The first-order valence-corrected chi connectivity index (χ1v) is 6.77. The Labute approximate surface area is 128 Å². The Bertz CT molecular complexity index is 746. The molecule has 2 aromatic rings. The summed E-state index contributed by atoms with van der Waals surface area (Å²) < 4.78 is 0. The van der Waals surface area contributed by atoms with Gasteiger partial charge in [-0.3, -0.25) is 4.79 Å². The van der Waals surface area contributed by atoms with Gasteiger partial charge >= 0.3 is 0 Å². The fourth-order valence-electron chi connectivity index (χ4n) is 1.99. The Kier molecular flexibility index (Phi) is 4.06. The Hall–Kier alpha value is -3.21. The van der Waals surface area contributed by atoms with E-state index in [4.69, 9.17) is 0 Å². The van der Waals surface area contributed by atoms with Crippen LogP contribution in [0.1, 0.15) is 5.56 Å². The lowest BCUT2D eigenvalue weighted by Crippen LogP contribution is -2.18. The summed E-state index contributed by atoms with van der Waals surface area (Å²) in [5.74, 6) is 0.0727. The molecule has 0 unspecified atom stereocenters. The van der Waals surface area contributed by atoms with Crippen molar-refractivity contribution in [1.82, 2.24) is 10.7 Å². The van der Waals surface area contributed by atoms with Crippen molar-refractivity contribution < 1.29 is 4.79 Å². The highest BCUT2D eigenvalue weighted by molar-refractivity contribution is 5.92. The van der Waals surface area contributed by atoms with Gasteiger partial charge < -0.3 is 5.32 Å². The summed E-state index contributed by atoms with van der Waals surface area (Å²) in [6, 6.07) is 18.1. The molecular formula is C17H13N4O. The highest BCUT2D eigenvalue weighted by Gasteiger charge is 2.04. The van der Waals surface area contributed by atoms with Gasteiger partial charge in [0.25, 0.3) is 0 Å². The Morgan fingerprint density at radius 1 is 0.955 bits per heavy atom. The van der Waals surface area contributed by atoms with E-state index in [1.54, 1.807) is 6.08 Å². The lowest BCUT2D eigenvalue weighted by Gasteiger charge is -2.02. The van der Waals surface area contributed by atoms with Crippen LogP contribution in [0, 0.1) is 0 Å². The summed E-state index contributed by atoms with van der Waals surface area (Å²) in [5, 5.41) is 9.59. The van der Waals surface area contributed by atoms with E-state index in [-0.39, 0.29) is 5.91 Å². The van der Waals surface area contributed by atoms with Crippen LogP contribution in [0.5, 0.6) is 0 Å². The third-order valence-electron chi connectivity index (χ3n) is 3.08. The monoisotopic (exact) mass is 289 g/mol. The van der Waals surface area contributed by atoms with Crippen LogP contribution >= 0.6 is 0 Å². The van der Waals surface area contributed by atoms with Crippen molar-refractivity contribution in [3.05, 3.63) is 78.3 Å². The van der Waals surface area contributed by atoms with Gasteiger partial charge in [0.2, 0.25) is 5.91 Å². The number of carbonyl (C=O) groups is 1. The molecule has 0 aliphatic carbocycles. The highest BCUT2D eigenvalue weighted by Crippen LogP contribution is 2.19. The van der Waals surface area contributed by atoms with Crippen LogP contribution in [0.2, 0.25) is 0 Å². The maximum absolute atomic E-state index is 11.7. The van der Waals surface area contributed by atoms with E-state index in [1.165, 1.54) is 12.3 Å². The molecule has 0 spiro atoms. The number of carbonyl (C=O) groups excluding carboxylic acids is 1. The molecule has 0 fully saturated rings. The largest absolute Gasteiger partial charge is 0.304 e. The van der Waals surface area contributed by atoms with E-state index >= 15 is 0 Å². The minimum Gasteiger partial charge on any atom is -0.304 e. The maximum Gasteiger partial charge on any atom is 0.249 e. The fourth-order valence-corrected chi connectivity index (χ4v) is 1.99. The summed E-state index contributed by atoms with van der Waals surface area (Å²) >= 11 is 0. The summed E-state index contributed by atoms with van der Waals surface area (Å²) in [5.41, 5.74) is 6.78. The number of nitrogens with zero attached hydrogens (tertiary/aromatic N) is 3. The summed E-state index contributed by atoms with van der Waals surface area (Å²) in [6.07, 6.45) is 4.58. The zero-order chi connectivity index (χ0) is 15.2. The topological polar surface area (TPSA) is 67.9 Å². The van der Waals surface area contributed by atoms with E-state index in [0.717, 1.165) is 16.7 Å². The van der Waals surface area contributed by atoms with Gasteiger partial charge in [-0.05, 0) is 28.0 Å². The van der Waals surface area contributed by atoms with Crippen molar-refractivity contribution >= 4 is 12.0 Å². The Morgan fingerprint density at radius 2 is 1.68 bits per heavy atom. The predicted molar refractivity (Wildman–Crippen MR) is 84.1 cm³/mol. The average molecular weight is 289 g/mol. The second kappa shape index (κ2) is 6.49. The molecule has 0 bridgehead atoms. The summed E-state index contributed by atoms with van der Waals surface area (Å²) in [4.78, 5) is 11.7. The summed E-state index contributed by atoms with van der Waals surface area (Å²) in [7, 11) is 0. The van der Waals surface area contributed by atoms with E-state index in [0.29, 0.717) is 5.82 Å². The molecule has 1 N–H and O–H groups in total. The quantitative estimate of drug-likeness (QED) is 0.862. The van der Waals surface area contributed by atoms with Gasteiger partial charge in [0.1, 0.15) is 0 Å². The van der Waals surface area contributed by atoms with Crippen molar-refractivity contribution in [3.8, 4) is 11.1 Å². The van der Waals surface area contributed by atoms with Gasteiger partial charge in [-0.25, -0.2) is 0 Å². The molecule has 0 atom stereocenters. The molecule has 22 heavy (non-hydrogen) atoms. The van der Waals surface area contributed by atoms with Gasteiger partial charge in [-0.2, -0.15) is 0 Å². The number of hydrogen-bond donors (Lipinski definition) is 1. The third kappa shape index (κ3) is 3.46. The predicted octanol–water partition coefficient (Wildman–Crippen LogP) is 3.27. The number of amides is 1. The van der Waals surface area contributed by atoms with E-state index < -0.39 is 0 Å². The molecule has 2 aromatic carbocycles. The minimum absolute atomic E-state index is 0.269. The molecule has 1 aliphatic rings. The first-order valence-electron chi connectivity index (χ1n) is 6.77. The number of benzene rings is 2. The van der Waals surface area contributed by atoms with Crippen LogP contribution in [0.4, 0.5) is 0 Å². The molecule has 0 saturated heterocycles. The molecule has 1 aliphatic heterocycles. The highest BCUT2D eigenvalue weighted by atomic mass is 16.1. The van der Waals surface area contributed by atoms with Crippen molar-refractivity contribution in [3.63, 3.8) is 0 Å². The van der Waals surface area contributed by atoms with E-state index in [9.17, 15) is 4.79 Å². The van der Waals surface area contributed by atoms with Crippen molar-refractivity contribution in [2.75, 3.05) is 0 Å². The zero-order valence-electron chi connectivity index (χ0n) is 11.7. The van der Waals surface area contributed by atoms with Gasteiger partial charge in [-0.15, -0.1) is 10.5 Å². The lowest BCUT2D eigenvalue weighted by molar-refractivity contribution is -0.115. The van der Waals surface area contributed by atoms with E-state index in [2.05, 4.69) is 33.2 Å². The molecule has 1 amide bonds. The smallest absolute Gasteiger partial charge is 0.249 e. The van der Waals surface area contributed by atoms with Crippen LogP contribution in [0.15, 0.2) is 83.0 Å². The second-order valence-corrected chi connectivity index (χ2v) is 4.63. The van der Waals surface area contributed by atoms with E-state index in [1.807, 2.05) is 42.5 Å². The molecule has 5 heteroatoms. The molecule has 0 aromatic heterocycles. The first kappa shape index (κ1) is 13.8. The molecular weight excluding hydrogens is 276 g/mol. The van der Waals surface area contributed by atoms with Crippen molar-refractivity contribution in [1.29, 1.82) is 0 Å². The molecule has 1 heterocycles. The molecule has 0 saturated carbocycles. The number of nitrogens with one attached hydrogen (secondary N) is 1. The van der Waals surface area contributed by atoms with Gasteiger partial charge in [-0.1, -0.05) is 54.6 Å².